The molecule has 0 spiro atoms. The van der Waals surface area contributed by atoms with Crippen molar-refractivity contribution in [3.05, 3.63) is 265 Å². The van der Waals surface area contributed by atoms with Gasteiger partial charge in [-0.15, -0.1) is 40.9 Å². The molecule has 0 bridgehead atoms. The van der Waals surface area contributed by atoms with Crippen LogP contribution in [0.3, 0.4) is 0 Å². The summed E-state index contributed by atoms with van der Waals surface area (Å²) in [5, 5.41) is 74.7. The fourth-order valence-corrected chi connectivity index (χ4v) is 18.4. The van der Waals surface area contributed by atoms with E-state index < -0.39 is 118 Å². The molecule has 47 heteroatoms. The number of benzene rings is 14. The minimum Gasteiger partial charge on any atom is -0.507 e. The predicted molar refractivity (Wildman–Crippen MR) is 490 cm³/mol. The Bertz CT molecular complexity index is 7660. The third-order valence-electron chi connectivity index (χ3n) is 18.8. The van der Waals surface area contributed by atoms with Gasteiger partial charge >= 0.3 is 12.4 Å². The van der Waals surface area contributed by atoms with Crippen LogP contribution in [-0.2, 0) is 89.6 Å². The predicted octanol–water partition coefficient (Wildman–Crippen LogP) is 21.2. The highest BCUT2D eigenvalue weighted by Gasteiger charge is 2.36. The number of phenols is 4. The fourth-order valence-electron chi connectivity index (χ4n) is 12.5. The van der Waals surface area contributed by atoms with Crippen molar-refractivity contribution in [1.29, 1.82) is 0 Å². The van der Waals surface area contributed by atoms with Crippen molar-refractivity contribution >= 4 is 195 Å². The van der Waals surface area contributed by atoms with Crippen LogP contribution in [0, 0.1) is 0 Å². The van der Waals surface area contributed by atoms with Gasteiger partial charge in [-0.2, -0.15) is 60.0 Å². The Morgan fingerprint density at radius 3 is 0.985 bits per heavy atom. The van der Waals surface area contributed by atoms with Crippen LogP contribution in [0.4, 0.5) is 106 Å². The molecule has 696 valence electrons. The van der Waals surface area contributed by atoms with Crippen LogP contribution < -0.4 is 32.0 Å². The van der Waals surface area contributed by atoms with E-state index in [1.54, 1.807) is 91.9 Å². The number of azo groups is 4. The highest BCUT2D eigenvalue weighted by atomic mass is 35.5. The third kappa shape index (κ3) is 23.3. The van der Waals surface area contributed by atoms with Gasteiger partial charge in [0.25, 0.3) is 60.5 Å². The van der Waals surface area contributed by atoms with Crippen LogP contribution in [0.15, 0.2) is 319 Å². The summed E-state index contributed by atoms with van der Waals surface area (Å²) >= 11 is 5.64. The highest BCUT2D eigenvalue weighted by Crippen LogP contribution is 2.48. The molecule has 0 unspecified atom stereocenters. The third-order valence-corrected chi connectivity index (χ3v) is 27.4. The molecular weight excluding hydrogens is 1890 g/mol. The first-order valence-electron chi connectivity index (χ1n) is 38.2. The van der Waals surface area contributed by atoms with Gasteiger partial charge in [0.15, 0.2) is 0 Å². The Labute approximate surface area is 762 Å². The number of nitrogen functional groups attached to an aromatic ring is 4. The first kappa shape index (κ1) is 101. The number of fused-ring (bicyclic) bond motifs is 4. The van der Waals surface area contributed by atoms with Crippen LogP contribution in [0.2, 0.25) is 5.02 Å². The van der Waals surface area contributed by atoms with E-state index in [-0.39, 0.29) is 130 Å². The van der Waals surface area contributed by atoms with Crippen molar-refractivity contribution in [3.8, 4) is 23.0 Å². The van der Waals surface area contributed by atoms with E-state index >= 15 is 0 Å². The lowest BCUT2D eigenvalue weighted by Gasteiger charge is -2.23. The zero-order valence-electron chi connectivity index (χ0n) is 70.1. The van der Waals surface area contributed by atoms with Gasteiger partial charge in [-0.25, -0.2) is 16.8 Å². The molecule has 0 aliphatic rings. The van der Waals surface area contributed by atoms with E-state index in [1.807, 2.05) is 13.8 Å². The number of halogens is 7. The van der Waals surface area contributed by atoms with Gasteiger partial charge in [0.05, 0.1) is 121 Å². The number of nitrogens with two attached hydrogens (primary N) is 4. The van der Waals surface area contributed by atoms with E-state index in [9.17, 15) is 97.3 Å². The molecule has 0 saturated carbocycles. The summed E-state index contributed by atoms with van der Waals surface area (Å²) < 4.78 is 250. The Kier molecular flexibility index (Phi) is 31.6. The summed E-state index contributed by atoms with van der Waals surface area (Å²) in [5.74, 6) is -1.83. The molecule has 0 amide bonds. The highest BCUT2D eigenvalue weighted by molar-refractivity contribution is 7.93. The molecular formula is C86H77ClF6N14O20S6. The number of hydrogen-bond acceptors (Lipinski definition) is 32. The van der Waals surface area contributed by atoms with Crippen molar-refractivity contribution in [2.24, 2.45) is 40.9 Å². The maximum atomic E-state index is 13.6. The standard InChI is InChI=1S/C25H24N4O6S2.C23H20N4O6S2.C18H13ClF3N3O4S.C18H14F3N3O4S.C2H6/c1-3-29(18-9-5-4-6-10-18)36(31,32)23-12-8-7-11-21(23)27-28-25-20(26)14-13-17-15-19(37(33,34)35-2)16-22(30)24(17)25;1-33-35(31,32)17-13-15-11-12-18(24)23(22(15)20(28)14-17)26-25-19-9-5-6-10-21(19)34(29,30)27-16-7-3-2-4-8-16;1-29-30(27,28)11-6-9-2-4-13(23)17(16(9)15(26)8-11)25-24-14-5-3-10(19)7-12(14)18(20,21)22;1-28-29(26,27)11-8-10-6-7-13(22)17(16(10)15(25)9-11)24-23-14-5-3-2-4-12(14)18(19,20)21;1-2/h4-16,30H,3,26H2,1-2H3;2-14,27-28H,24H2,1H3;2-8,26H,23H2,1H3;2-9,25H,22H2,1H3;1-2H3. The molecule has 0 atom stereocenters. The minimum absolute atomic E-state index is 0.00595. The lowest BCUT2D eigenvalue weighted by molar-refractivity contribution is -0.137. The Hall–Kier alpha value is -14.1. The number of aromatic hydroxyl groups is 4. The van der Waals surface area contributed by atoms with Crippen molar-refractivity contribution < 1.29 is 114 Å². The Balaban J connectivity index is 0.000000183. The number of sulfonamides is 2. The SMILES string of the molecule is CC.CCN(c1ccccc1)S(=O)(=O)c1ccccc1N=Nc1c(N)ccc2cc(S(=O)(=O)OC)cc(O)c12.COS(=O)(=O)c1cc(O)c2c(N=Nc3ccc(Cl)cc3C(F)(F)F)c(N)ccc2c1.COS(=O)(=O)c1cc(O)c2c(N=Nc3ccccc3C(F)(F)F)c(N)ccc2c1.COS(=O)(=O)c1cc(O)c2c(N=Nc3ccccc3S(=O)(=O)Nc3ccccc3)c(N)ccc2c1. The average Bonchev–Trinajstić information content (AvgIpc) is 0.773. The fraction of sp³-hybridized carbons (Fsp3) is 0.116. The van der Waals surface area contributed by atoms with Gasteiger partial charge in [-0.3, -0.25) is 25.8 Å². The van der Waals surface area contributed by atoms with Gasteiger partial charge in [-0.1, -0.05) is 123 Å². The molecule has 0 saturated heterocycles. The lowest BCUT2D eigenvalue weighted by Crippen LogP contribution is -2.30. The molecule has 0 aliphatic heterocycles. The molecule has 14 aromatic rings. The quantitative estimate of drug-likeness (QED) is 0.0124. The molecule has 0 fully saturated rings. The monoisotopic (exact) mass is 1970 g/mol. The number of phenolic OH excluding ortho intramolecular Hbond substituents is 4. The van der Waals surface area contributed by atoms with Gasteiger partial charge in [0.1, 0.15) is 66.9 Å². The second kappa shape index (κ2) is 41.6. The number of para-hydroxylation sites is 2. The zero-order valence-corrected chi connectivity index (χ0v) is 75.8. The van der Waals surface area contributed by atoms with Crippen LogP contribution in [0.1, 0.15) is 31.9 Å². The first-order valence-corrected chi connectivity index (χ1v) is 47.1. The number of anilines is 6. The van der Waals surface area contributed by atoms with E-state index in [0.717, 1.165) is 70.9 Å². The number of rotatable bonds is 23. The Morgan fingerprint density at radius 2 is 0.647 bits per heavy atom. The van der Waals surface area contributed by atoms with E-state index in [1.165, 1.54) is 120 Å². The van der Waals surface area contributed by atoms with Gasteiger partial charge in [0.2, 0.25) is 0 Å². The minimum atomic E-state index is -4.73. The molecule has 0 aliphatic carbocycles. The second-order valence-corrected chi connectivity index (χ2v) is 37.8. The maximum Gasteiger partial charge on any atom is 0.418 e. The second-order valence-electron chi connectivity index (χ2n) is 27.0. The van der Waals surface area contributed by atoms with Gasteiger partial charge in [-0.05, 0) is 156 Å². The number of alkyl halides is 6. The zero-order chi connectivity index (χ0) is 97.7. The molecule has 14 aromatic carbocycles. The summed E-state index contributed by atoms with van der Waals surface area (Å²) in [6.07, 6.45) is -9.36. The van der Waals surface area contributed by atoms with Crippen molar-refractivity contribution in [2.45, 2.75) is 62.5 Å². The molecule has 133 heavy (non-hydrogen) atoms. The summed E-state index contributed by atoms with van der Waals surface area (Å²) in [6, 6.07) is 57.2. The topological polar surface area (TPSA) is 541 Å². The number of nitrogens with one attached hydrogen (secondary N) is 1. The van der Waals surface area contributed by atoms with E-state index in [0.29, 0.717) is 28.2 Å². The van der Waals surface area contributed by atoms with Crippen molar-refractivity contribution in [3.63, 3.8) is 0 Å². The maximum absolute atomic E-state index is 13.6. The van der Waals surface area contributed by atoms with Gasteiger partial charge < -0.3 is 43.4 Å². The first-order chi connectivity index (χ1) is 62.7. The lowest BCUT2D eigenvalue weighted by atomic mass is 10.1. The summed E-state index contributed by atoms with van der Waals surface area (Å²) in [5.41, 5.74) is 22.0. The Morgan fingerprint density at radius 1 is 0.353 bits per heavy atom. The van der Waals surface area contributed by atoms with E-state index in [4.69, 9.17) is 34.5 Å². The van der Waals surface area contributed by atoms with Crippen molar-refractivity contribution in [2.75, 3.05) is 66.9 Å². The molecule has 0 aromatic heterocycles. The molecule has 14 rings (SSSR count). The average molecular weight is 1970 g/mol. The van der Waals surface area contributed by atoms with Crippen LogP contribution in [-0.4, -0.2) is 106 Å². The largest absolute Gasteiger partial charge is 0.507 e. The number of hydrogen-bond donors (Lipinski definition) is 9. The molecule has 13 N–H and O–H groups in total. The van der Waals surface area contributed by atoms with Crippen LogP contribution in [0.25, 0.3) is 43.1 Å². The normalized spacial score (nSPS) is 12.3. The van der Waals surface area contributed by atoms with Crippen LogP contribution >= 0.6 is 11.6 Å². The van der Waals surface area contributed by atoms with Crippen molar-refractivity contribution in [1.82, 2.24) is 0 Å². The smallest absolute Gasteiger partial charge is 0.418 e. The van der Waals surface area contributed by atoms with Gasteiger partial charge in [0, 0.05) is 41.5 Å². The van der Waals surface area contributed by atoms with E-state index in [2.05, 4.69) is 62.4 Å². The molecule has 0 heterocycles. The summed E-state index contributed by atoms with van der Waals surface area (Å²) in [7, 11) is -20.3. The molecule has 0 radical (unpaired) electrons. The summed E-state index contributed by atoms with van der Waals surface area (Å²) in [6.45, 7) is 5.92. The van der Waals surface area contributed by atoms with Crippen LogP contribution in [0.5, 0.6) is 23.0 Å². The number of nitrogens with zero attached hydrogens (tertiary/aromatic N) is 9. The molecule has 34 nitrogen and oxygen atoms in total. The summed E-state index contributed by atoms with van der Waals surface area (Å²) in [4.78, 5) is -1.31.